The van der Waals surface area contributed by atoms with Crippen molar-refractivity contribution >= 4 is 0 Å². The van der Waals surface area contributed by atoms with Crippen molar-refractivity contribution in [3.05, 3.63) is 54.1 Å². The molecule has 2 heteroatoms. The number of para-hydroxylation sites is 1. The first-order valence-corrected chi connectivity index (χ1v) is 5.44. The molecule has 1 aromatic carbocycles. The Kier molecular flexibility index (Phi) is 3.42. The lowest BCUT2D eigenvalue weighted by atomic mass is 10.0. The Morgan fingerprint density at radius 3 is 3.00 bits per heavy atom. The molecule has 0 fully saturated rings. The molecule has 1 aliphatic rings. The summed E-state index contributed by atoms with van der Waals surface area (Å²) in [6.07, 6.45) is 3.89. The molecule has 0 aliphatic carbocycles. The molecule has 0 saturated heterocycles. The van der Waals surface area contributed by atoms with Gasteiger partial charge in [-0.3, -0.25) is 0 Å². The van der Waals surface area contributed by atoms with Gasteiger partial charge >= 0.3 is 0 Å². The smallest absolute Gasteiger partial charge is 0.125 e. The highest BCUT2D eigenvalue weighted by Crippen LogP contribution is 2.35. The van der Waals surface area contributed by atoms with Gasteiger partial charge < -0.3 is 9.47 Å². The zero-order valence-electron chi connectivity index (χ0n) is 9.48. The Morgan fingerprint density at radius 2 is 2.31 bits per heavy atom. The normalized spacial score (nSPS) is 19.3. The van der Waals surface area contributed by atoms with Crippen LogP contribution in [0.3, 0.4) is 0 Å². The molecule has 2 nitrogen and oxygen atoms in total. The van der Waals surface area contributed by atoms with E-state index >= 15 is 0 Å². The molecule has 1 aliphatic heterocycles. The maximum absolute atomic E-state index is 5.67. The van der Waals surface area contributed by atoms with E-state index < -0.39 is 0 Å². The second kappa shape index (κ2) is 4.99. The summed E-state index contributed by atoms with van der Waals surface area (Å²) in [6.45, 7) is 6.94. The second-order valence-electron chi connectivity index (χ2n) is 3.80. The molecule has 0 bridgehead atoms. The topological polar surface area (TPSA) is 18.5 Å². The number of ether oxygens (including phenoxy) is 2. The monoisotopic (exact) mass is 216 g/mol. The Hall–Kier alpha value is -1.54. The predicted molar refractivity (Wildman–Crippen MR) is 64.6 cm³/mol. The van der Waals surface area contributed by atoms with E-state index in [2.05, 4.69) is 19.6 Å². The zero-order valence-corrected chi connectivity index (χ0v) is 9.48. The predicted octanol–water partition coefficient (Wildman–Crippen LogP) is 3.27. The third-order valence-corrected chi connectivity index (χ3v) is 2.64. The fraction of sp³-hybridized carbons (Fsp3) is 0.286. The van der Waals surface area contributed by atoms with Crippen molar-refractivity contribution in [2.45, 2.75) is 13.0 Å². The van der Waals surface area contributed by atoms with Gasteiger partial charge in [0.1, 0.15) is 18.5 Å². The van der Waals surface area contributed by atoms with E-state index in [0.717, 1.165) is 11.3 Å². The van der Waals surface area contributed by atoms with Gasteiger partial charge in [0.05, 0.1) is 6.61 Å². The van der Waals surface area contributed by atoms with Crippen LogP contribution in [0.15, 0.2) is 48.6 Å². The maximum Gasteiger partial charge on any atom is 0.125 e. The summed E-state index contributed by atoms with van der Waals surface area (Å²) < 4.78 is 11.3. The molecule has 84 valence electrons. The lowest BCUT2D eigenvalue weighted by Crippen LogP contribution is -2.04. The van der Waals surface area contributed by atoms with E-state index in [4.69, 9.17) is 9.47 Å². The fourth-order valence-electron chi connectivity index (χ4n) is 1.83. The molecule has 1 atom stereocenters. The van der Waals surface area contributed by atoms with Gasteiger partial charge in [0.2, 0.25) is 0 Å². The van der Waals surface area contributed by atoms with Crippen molar-refractivity contribution in [1.82, 2.24) is 0 Å². The Balaban J connectivity index is 2.25. The molecule has 0 spiro atoms. The second-order valence-corrected chi connectivity index (χ2v) is 3.80. The van der Waals surface area contributed by atoms with Gasteiger partial charge in [0.15, 0.2) is 0 Å². The van der Waals surface area contributed by atoms with Crippen LogP contribution in [-0.2, 0) is 4.74 Å². The van der Waals surface area contributed by atoms with E-state index in [1.165, 1.54) is 5.57 Å². The van der Waals surface area contributed by atoms with Crippen molar-refractivity contribution in [1.29, 1.82) is 0 Å². The zero-order chi connectivity index (χ0) is 11.4. The minimum atomic E-state index is 0.0426. The summed E-state index contributed by atoms with van der Waals surface area (Å²) in [5.74, 6) is 0.877. The van der Waals surface area contributed by atoms with Gasteiger partial charge in [-0.25, -0.2) is 0 Å². The van der Waals surface area contributed by atoms with Crippen LogP contribution < -0.4 is 4.74 Å². The molecule has 16 heavy (non-hydrogen) atoms. The minimum Gasteiger partial charge on any atom is -0.489 e. The first kappa shape index (κ1) is 11.0. The molecule has 1 heterocycles. The standard InChI is InChI=1S/C14H16O2/c1-3-9-15-13-7-5-4-6-12(13)14-11(2)8-10-16-14/h3-8,14H,1,9-10H2,2H3. The quantitative estimate of drug-likeness (QED) is 0.719. The molecule has 1 aromatic rings. The number of benzene rings is 1. The molecule has 0 saturated carbocycles. The summed E-state index contributed by atoms with van der Waals surface area (Å²) in [7, 11) is 0. The average Bonchev–Trinajstić information content (AvgIpc) is 2.73. The third-order valence-electron chi connectivity index (χ3n) is 2.64. The molecule has 0 radical (unpaired) electrons. The molecular formula is C14H16O2. The first-order chi connectivity index (χ1) is 7.83. The van der Waals surface area contributed by atoms with Crippen LogP contribution in [0.1, 0.15) is 18.6 Å². The number of rotatable bonds is 4. The molecule has 0 amide bonds. The molecular weight excluding hydrogens is 200 g/mol. The van der Waals surface area contributed by atoms with Crippen LogP contribution >= 0.6 is 0 Å². The molecule has 1 unspecified atom stereocenters. The minimum absolute atomic E-state index is 0.0426. The Labute approximate surface area is 96.2 Å². The molecule has 2 rings (SSSR count). The van der Waals surface area contributed by atoms with E-state index in [-0.39, 0.29) is 6.10 Å². The van der Waals surface area contributed by atoms with Crippen LogP contribution in [0.2, 0.25) is 0 Å². The Morgan fingerprint density at radius 1 is 1.50 bits per heavy atom. The van der Waals surface area contributed by atoms with Crippen molar-refractivity contribution in [2.24, 2.45) is 0 Å². The fourth-order valence-corrected chi connectivity index (χ4v) is 1.83. The summed E-state index contributed by atoms with van der Waals surface area (Å²) in [5.41, 5.74) is 2.34. The van der Waals surface area contributed by atoms with Crippen LogP contribution in [0.4, 0.5) is 0 Å². The third kappa shape index (κ3) is 2.17. The van der Waals surface area contributed by atoms with Gasteiger partial charge in [0.25, 0.3) is 0 Å². The molecule has 0 aromatic heterocycles. The van der Waals surface area contributed by atoms with Crippen molar-refractivity contribution in [3.8, 4) is 5.75 Å². The summed E-state index contributed by atoms with van der Waals surface area (Å²) >= 11 is 0. The van der Waals surface area contributed by atoms with Crippen molar-refractivity contribution < 1.29 is 9.47 Å². The van der Waals surface area contributed by atoms with Crippen LogP contribution in [-0.4, -0.2) is 13.2 Å². The van der Waals surface area contributed by atoms with Crippen LogP contribution in [0, 0.1) is 0 Å². The number of hydrogen-bond donors (Lipinski definition) is 0. The van der Waals surface area contributed by atoms with Gasteiger partial charge in [-0.1, -0.05) is 36.9 Å². The molecule has 0 N–H and O–H groups in total. The van der Waals surface area contributed by atoms with Gasteiger partial charge in [0, 0.05) is 5.56 Å². The van der Waals surface area contributed by atoms with Crippen LogP contribution in [0.25, 0.3) is 0 Å². The lowest BCUT2D eigenvalue weighted by Gasteiger charge is -2.16. The van der Waals surface area contributed by atoms with Gasteiger partial charge in [-0.05, 0) is 18.6 Å². The maximum atomic E-state index is 5.67. The Bertz CT molecular complexity index is 407. The van der Waals surface area contributed by atoms with E-state index in [1.807, 2.05) is 24.3 Å². The van der Waals surface area contributed by atoms with Crippen LogP contribution in [0.5, 0.6) is 5.75 Å². The summed E-state index contributed by atoms with van der Waals surface area (Å²) in [6, 6.07) is 7.99. The first-order valence-electron chi connectivity index (χ1n) is 5.44. The highest BCUT2D eigenvalue weighted by Gasteiger charge is 2.21. The average molecular weight is 216 g/mol. The number of hydrogen-bond acceptors (Lipinski definition) is 2. The van der Waals surface area contributed by atoms with Crippen molar-refractivity contribution in [2.75, 3.05) is 13.2 Å². The lowest BCUT2D eigenvalue weighted by molar-refractivity contribution is 0.120. The summed E-state index contributed by atoms with van der Waals surface area (Å²) in [5, 5.41) is 0. The highest BCUT2D eigenvalue weighted by atomic mass is 16.5. The van der Waals surface area contributed by atoms with Gasteiger partial charge in [-0.15, -0.1) is 0 Å². The van der Waals surface area contributed by atoms with Crippen molar-refractivity contribution in [3.63, 3.8) is 0 Å². The summed E-state index contributed by atoms with van der Waals surface area (Å²) in [4.78, 5) is 0. The highest BCUT2D eigenvalue weighted by molar-refractivity contribution is 5.40. The SMILES string of the molecule is C=CCOc1ccccc1C1OCC=C1C. The van der Waals surface area contributed by atoms with E-state index in [9.17, 15) is 0 Å². The largest absolute Gasteiger partial charge is 0.489 e. The van der Waals surface area contributed by atoms with E-state index in [1.54, 1.807) is 6.08 Å². The van der Waals surface area contributed by atoms with Gasteiger partial charge in [-0.2, -0.15) is 0 Å². The van der Waals surface area contributed by atoms with E-state index in [0.29, 0.717) is 13.2 Å².